The minimum Gasteiger partial charge on any atom is -0.465 e. The Morgan fingerprint density at radius 2 is 2.00 bits per heavy atom. The van der Waals surface area contributed by atoms with Gasteiger partial charge in [-0.3, -0.25) is 0 Å². The number of methoxy groups -OCH3 is 1. The Morgan fingerprint density at radius 3 is 2.53 bits per heavy atom. The van der Waals surface area contributed by atoms with E-state index in [1.807, 2.05) is 12.1 Å². The molecule has 1 saturated heterocycles. The van der Waals surface area contributed by atoms with Crippen LogP contribution in [0.3, 0.4) is 0 Å². The van der Waals surface area contributed by atoms with E-state index in [0.29, 0.717) is 12.1 Å². The van der Waals surface area contributed by atoms with Gasteiger partial charge >= 0.3 is 5.97 Å². The van der Waals surface area contributed by atoms with Crippen molar-refractivity contribution in [1.29, 1.82) is 0 Å². The Morgan fingerprint density at radius 1 is 1.37 bits per heavy atom. The van der Waals surface area contributed by atoms with Gasteiger partial charge in [0.05, 0.1) is 18.8 Å². The summed E-state index contributed by atoms with van der Waals surface area (Å²) in [6, 6.07) is 7.31. The van der Waals surface area contributed by atoms with Crippen molar-refractivity contribution in [2.24, 2.45) is 5.41 Å². The molecule has 0 saturated carbocycles. The Bertz CT molecular complexity index is 453. The predicted octanol–water partition coefficient (Wildman–Crippen LogP) is 2.07. The van der Waals surface area contributed by atoms with Gasteiger partial charge < -0.3 is 14.7 Å². The van der Waals surface area contributed by atoms with Crippen LogP contribution in [0.15, 0.2) is 24.3 Å². The molecule has 1 aliphatic heterocycles. The largest absolute Gasteiger partial charge is 0.465 e. The summed E-state index contributed by atoms with van der Waals surface area (Å²) < 4.78 is 4.67. The maximum absolute atomic E-state index is 11.4. The van der Waals surface area contributed by atoms with Gasteiger partial charge in [0.1, 0.15) is 0 Å². The summed E-state index contributed by atoms with van der Waals surface area (Å²) in [7, 11) is 1.37. The fraction of sp³-hybridized carbons (Fsp3) is 0.533. The predicted molar refractivity (Wildman–Crippen MR) is 74.4 cm³/mol. The molecule has 1 aromatic carbocycles. The molecule has 0 aromatic heterocycles. The Hall–Kier alpha value is -1.55. The zero-order valence-electron chi connectivity index (χ0n) is 11.7. The van der Waals surface area contributed by atoms with Crippen molar-refractivity contribution >= 4 is 11.7 Å². The standard InChI is InChI=1S/C15H21NO3/c1-15(2)8-9-16(10-13(15)17)12-6-4-11(5-7-12)14(18)19-3/h4-7,13,17H,8-10H2,1-3H3. The number of β-amino-alcohol motifs (C(OH)–C–C–N with tert-alkyl or cyclic N) is 1. The molecule has 2 rings (SSSR count). The van der Waals surface area contributed by atoms with Gasteiger partial charge in [0.2, 0.25) is 0 Å². The zero-order chi connectivity index (χ0) is 14.0. The molecule has 0 spiro atoms. The van der Waals surface area contributed by atoms with Crippen LogP contribution in [0.25, 0.3) is 0 Å². The number of nitrogens with zero attached hydrogens (tertiary/aromatic N) is 1. The number of hydrogen-bond donors (Lipinski definition) is 1. The van der Waals surface area contributed by atoms with Crippen LogP contribution in [0.4, 0.5) is 5.69 Å². The number of aliphatic hydroxyl groups is 1. The molecule has 1 aliphatic rings. The number of aliphatic hydroxyl groups excluding tert-OH is 1. The van der Waals surface area contributed by atoms with Crippen LogP contribution in [0.2, 0.25) is 0 Å². The Balaban J connectivity index is 2.09. The van der Waals surface area contributed by atoms with Crippen LogP contribution >= 0.6 is 0 Å². The Kier molecular flexibility index (Phi) is 3.80. The fourth-order valence-corrected chi connectivity index (χ4v) is 2.30. The van der Waals surface area contributed by atoms with E-state index >= 15 is 0 Å². The molecule has 1 atom stereocenters. The summed E-state index contributed by atoms with van der Waals surface area (Å²) >= 11 is 0. The molecular formula is C15H21NO3. The quantitative estimate of drug-likeness (QED) is 0.830. The van der Waals surface area contributed by atoms with Gasteiger partial charge in [-0.05, 0) is 36.1 Å². The number of benzene rings is 1. The summed E-state index contributed by atoms with van der Waals surface area (Å²) in [6.07, 6.45) is 0.619. The number of anilines is 1. The lowest BCUT2D eigenvalue weighted by Gasteiger charge is -2.42. The number of hydrogen-bond acceptors (Lipinski definition) is 4. The van der Waals surface area contributed by atoms with E-state index in [2.05, 4.69) is 23.5 Å². The third-order valence-electron chi connectivity index (χ3n) is 3.98. The zero-order valence-corrected chi connectivity index (χ0v) is 11.7. The molecule has 4 heteroatoms. The summed E-state index contributed by atoms with van der Waals surface area (Å²) in [5.74, 6) is -0.327. The van der Waals surface area contributed by atoms with E-state index in [1.54, 1.807) is 12.1 Å². The van der Waals surface area contributed by atoms with Gasteiger partial charge in [0, 0.05) is 18.8 Å². The summed E-state index contributed by atoms with van der Waals surface area (Å²) in [6.45, 7) is 5.73. The fourth-order valence-electron chi connectivity index (χ4n) is 2.30. The normalized spacial score (nSPS) is 22.1. The first-order chi connectivity index (χ1) is 8.94. The summed E-state index contributed by atoms with van der Waals surface area (Å²) in [5, 5.41) is 10.1. The monoisotopic (exact) mass is 263 g/mol. The van der Waals surface area contributed by atoms with Gasteiger partial charge in [-0.1, -0.05) is 13.8 Å². The minimum atomic E-state index is -0.332. The van der Waals surface area contributed by atoms with E-state index in [1.165, 1.54) is 7.11 Å². The first-order valence-corrected chi connectivity index (χ1v) is 6.55. The van der Waals surface area contributed by atoms with Crippen molar-refractivity contribution in [3.63, 3.8) is 0 Å². The van der Waals surface area contributed by atoms with E-state index in [9.17, 15) is 9.90 Å². The number of ether oxygens (including phenoxy) is 1. The van der Waals surface area contributed by atoms with Crippen molar-refractivity contribution in [2.75, 3.05) is 25.1 Å². The molecular weight excluding hydrogens is 242 g/mol. The summed E-state index contributed by atoms with van der Waals surface area (Å²) in [4.78, 5) is 13.5. The van der Waals surface area contributed by atoms with Crippen molar-refractivity contribution < 1.29 is 14.6 Å². The number of carbonyl (C=O) groups is 1. The lowest BCUT2D eigenvalue weighted by molar-refractivity contribution is 0.0351. The van der Waals surface area contributed by atoms with Crippen LogP contribution in [-0.4, -0.2) is 37.4 Å². The highest BCUT2D eigenvalue weighted by molar-refractivity contribution is 5.89. The van der Waals surface area contributed by atoms with Gasteiger partial charge in [0.15, 0.2) is 0 Å². The lowest BCUT2D eigenvalue weighted by atomic mass is 9.80. The molecule has 104 valence electrons. The van der Waals surface area contributed by atoms with Crippen molar-refractivity contribution in [3.05, 3.63) is 29.8 Å². The number of piperidine rings is 1. The first-order valence-electron chi connectivity index (χ1n) is 6.55. The SMILES string of the molecule is COC(=O)c1ccc(N2CCC(C)(C)C(O)C2)cc1. The van der Waals surface area contributed by atoms with Crippen LogP contribution in [0.1, 0.15) is 30.6 Å². The number of esters is 1. The highest BCUT2D eigenvalue weighted by Gasteiger charge is 2.34. The maximum atomic E-state index is 11.4. The second kappa shape index (κ2) is 5.21. The van der Waals surface area contributed by atoms with Crippen molar-refractivity contribution in [3.8, 4) is 0 Å². The second-order valence-electron chi connectivity index (χ2n) is 5.74. The van der Waals surface area contributed by atoms with Crippen molar-refractivity contribution in [1.82, 2.24) is 0 Å². The topological polar surface area (TPSA) is 49.8 Å². The van der Waals surface area contributed by atoms with E-state index < -0.39 is 0 Å². The number of rotatable bonds is 2. The van der Waals surface area contributed by atoms with E-state index in [-0.39, 0.29) is 17.5 Å². The van der Waals surface area contributed by atoms with Gasteiger partial charge in [-0.2, -0.15) is 0 Å². The summed E-state index contributed by atoms with van der Waals surface area (Å²) in [5.41, 5.74) is 1.55. The maximum Gasteiger partial charge on any atom is 0.337 e. The van der Waals surface area contributed by atoms with Crippen LogP contribution in [-0.2, 0) is 4.74 Å². The lowest BCUT2D eigenvalue weighted by Crippen LogP contribution is -2.48. The highest BCUT2D eigenvalue weighted by Crippen LogP contribution is 2.32. The molecule has 1 unspecified atom stereocenters. The Labute approximate surface area is 114 Å². The van der Waals surface area contributed by atoms with Crippen molar-refractivity contribution in [2.45, 2.75) is 26.4 Å². The molecule has 1 aromatic rings. The molecule has 1 fully saturated rings. The molecule has 19 heavy (non-hydrogen) atoms. The van der Waals surface area contributed by atoms with Gasteiger partial charge in [0.25, 0.3) is 0 Å². The average molecular weight is 263 g/mol. The highest BCUT2D eigenvalue weighted by atomic mass is 16.5. The van der Waals surface area contributed by atoms with E-state index in [0.717, 1.165) is 18.7 Å². The molecule has 4 nitrogen and oxygen atoms in total. The second-order valence-corrected chi connectivity index (χ2v) is 5.74. The van der Waals surface area contributed by atoms with Crippen LogP contribution in [0.5, 0.6) is 0 Å². The molecule has 1 heterocycles. The molecule has 0 amide bonds. The first kappa shape index (κ1) is 13.9. The molecule has 0 bridgehead atoms. The molecule has 0 radical (unpaired) electrons. The number of carbonyl (C=O) groups excluding carboxylic acids is 1. The smallest absolute Gasteiger partial charge is 0.337 e. The molecule has 1 N–H and O–H groups in total. The van der Waals surface area contributed by atoms with Gasteiger partial charge in [-0.15, -0.1) is 0 Å². The van der Waals surface area contributed by atoms with Crippen LogP contribution < -0.4 is 4.90 Å². The third kappa shape index (κ3) is 2.89. The van der Waals surface area contributed by atoms with E-state index in [4.69, 9.17) is 0 Å². The van der Waals surface area contributed by atoms with Crippen LogP contribution in [0, 0.1) is 5.41 Å². The molecule has 0 aliphatic carbocycles. The third-order valence-corrected chi connectivity index (χ3v) is 3.98. The minimum absolute atomic E-state index is 0.0253. The average Bonchev–Trinajstić information content (AvgIpc) is 2.41. The van der Waals surface area contributed by atoms with Gasteiger partial charge in [-0.25, -0.2) is 4.79 Å².